The number of pyridine rings is 1. The van der Waals surface area contributed by atoms with E-state index in [1.165, 1.54) is 0 Å². The molecule has 0 aromatic carbocycles. The van der Waals surface area contributed by atoms with Crippen molar-refractivity contribution in [2.45, 2.75) is 6.42 Å². The average Bonchev–Trinajstić information content (AvgIpc) is 2.25. The average molecular weight is 191 g/mol. The highest BCUT2D eigenvalue weighted by atomic mass is 16.5. The zero-order valence-electron chi connectivity index (χ0n) is 8.16. The maximum atomic E-state index is 8.53. The van der Waals surface area contributed by atoms with Crippen LogP contribution in [0.25, 0.3) is 0 Å². The first-order chi connectivity index (χ1) is 6.86. The minimum Gasteiger partial charge on any atom is -0.385 e. The van der Waals surface area contributed by atoms with Crippen LogP contribution in [0.1, 0.15) is 12.1 Å². The van der Waals surface area contributed by atoms with Crippen molar-refractivity contribution in [3.8, 4) is 6.07 Å². The highest BCUT2D eigenvalue weighted by molar-refractivity contribution is 5.42. The molecule has 1 N–H and O–H groups in total. The number of rotatable bonds is 5. The van der Waals surface area contributed by atoms with E-state index in [1.54, 1.807) is 19.4 Å². The third-order valence-electron chi connectivity index (χ3n) is 1.73. The summed E-state index contributed by atoms with van der Waals surface area (Å²) in [7, 11) is 1.68. The molecular formula is C10H13N3O. The van der Waals surface area contributed by atoms with Gasteiger partial charge in [-0.3, -0.25) is 0 Å². The van der Waals surface area contributed by atoms with Gasteiger partial charge < -0.3 is 10.1 Å². The van der Waals surface area contributed by atoms with Crippen LogP contribution in [0.5, 0.6) is 0 Å². The third-order valence-corrected chi connectivity index (χ3v) is 1.73. The van der Waals surface area contributed by atoms with E-state index in [2.05, 4.69) is 10.3 Å². The Bertz CT molecular complexity index is 302. The van der Waals surface area contributed by atoms with Gasteiger partial charge in [0.15, 0.2) is 0 Å². The number of anilines is 1. The van der Waals surface area contributed by atoms with Crippen molar-refractivity contribution < 1.29 is 4.74 Å². The summed E-state index contributed by atoms with van der Waals surface area (Å²) in [5, 5.41) is 11.7. The second kappa shape index (κ2) is 5.95. The summed E-state index contributed by atoms with van der Waals surface area (Å²) in [6, 6.07) is 5.51. The van der Waals surface area contributed by atoms with Crippen LogP contribution < -0.4 is 5.32 Å². The van der Waals surface area contributed by atoms with Crippen molar-refractivity contribution in [1.82, 2.24) is 4.98 Å². The lowest BCUT2D eigenvalue weighted by Crippen LogP contribution is -2.04. The first-order valence-corrected chi connectivity index (χ1v) is 4.46. The van der Waals surface area contributed by atoms with Gasteiger partial charge in [0.05, 0.1) is 11.9 Å². The Morgan fingerprint density at radius 3 is 3.00 bits per heavy atom. The molecular weight excluding hydrogens is 178 g/mol. The smallest absolute Gasteiger partial charge is 0.140 e. The van der Waals surface area contributed by atoms with Crippen LogP contribution in [-0.4, -0.2) is 25.2 Å². The maximum absolute atomic E-state index is 8.53. The molecule has 0 radical (unpaired) electrons. The van der Waals surface area contributed by atoms with Gasteiger partial charge in [-0.1, -0.05) is 0 Å². The van der Waals surface area contributed by atoms with Crippen LogP contribution in [0.2, 0.25) is 0 Å². The number of nitriles is 1. The number of methoxy groups -OCH3 is 1. The minimum atomic E-state index is 0.437. The molecule has 0 amide bonds. The monoisotopic (exact) mass is 191 g/mol. The molecule has 1 heterocycles. The Balaban J connectivity index is 2.33. The molecule has 0 atom stereocenters. The van der Waals surface area contributed by atoms with E-state index >= 15 is 0 Å². The first kappa shape index (κ1) is 10.5. The van der Waals surface area contributed by atoms with Crippen molar-refractivity contribution in [1.29, 1.82) is 5.26 Å². The van der Waals surface area contributed by atoms with E-state index in [1.807, 2.05) is 12.1 Å². The molecule has 4 nitrogen and oxygen atoms in total. The Labute approximate surface area is 83.5 Å². The molecule has 0 saturated heterocycles. The number of nitrogens with zero attached hydrogens (tertiary/aromatic N) is 2. The lowest BCUT2D eigenvalue weighted by Gasteiger charge is -2.04. The van der Waals surface area contributed by atoms with Gasteiger partial charge in [0, 0.05) is 20.3 Å². The van der Waals surface area contributed by atoms with Gasteiger partial charge in [0.25, 0.3) is 0 Å². The Morgan fingerprint density at radius 1 is 1.57 bits per heavy atom. The van der Waals surface area contributed by atoms with E-state index in [0.717, 1.165) is 25.3 Å². The van der Waals surface area contributed by atoms with Gasteiger partial charge in [-0.25, -0.2) is 4.98 Å². The maximum Gasteiger partial charge on any atom is 0.140 e. The summed E-state index contributed by atoms with van der Waals surface area (Å²) in [6.45, 7) is 1.60. The Kier molecular flexibility index (Phi) is 4.45. The number of aromatic nitrogens is 1. The van der Waals surface area contributed by atoms with E-state index in [0.29, 0.717) is 5.69 Å². The topological polar surface area (TPSA) is 57.9 Å². The van der Waals surface area contributed by atoms with Crippen LogP contribution in [0.4, 0.5) is 5.69 Å². The quantitative estimate of drug-likeness (QED) is 0.715. The van der Waals surface area contributed by atoms with E-state index in [-0.39, 0.29) is 0 Å². The molecule has 0 fully saturated rings. The molecule has 0 aliphatic rings. The summed E-state index contributed by atoms with van der Waals surface area (Å²) in [5.74, 6) is 0. The van der Waals surface area contributed by atoms with Crippen LogP contribution in [-0.2, 0) is 4.74 Å². The molecule has 1 aromatic rings. The highest BCUT2D eigenvalue weighted by Crippen LogP contribution is 2.04. The summed E-state index contributed by atoms with van der Waals surface area (Å²) in [4.78, 5) is 3.94. The Hall–Kier alpha value is -1.60. The van der Waals surface area contributed by atoms with Crippen molar-refractivity contribution in [2.75, 3.05) is 25.6 Å². The van der Waals surface area contributed by atoms with Gasteiger partial charge in [0.2, 0.25) is 0 Å². The van der Waals surface area contributed by atoms with Crippen LogP contribution >= 0.6 is 0 Å². The minimum absolute atomic E-state index is 0.437. The third kappa shape index (κ3) is 3.42. The molecule has 4 heteroatoms. The molecule has 74 valence electrons. The van der Waals surface area contributed by atoms with Crippen molar-refractivity contribution >= 4 is 5.69 Å². The van der Waals surface area contributed by atoms with E-state index < -0.39 is 0 Å². The van der Waals surface area contributed by atoms with Crippen LogP contribution in [0.3, 0.4) is 0 Å². The molecule has 0 aliphatic carbocycles. The van der Waals surface area contributed by atoms with Gasteiger partial charge in [0.1, 0.15) is 11.8 Å². The molecule has 0 spiro atoms. The zero-order chi connectivity index (χ0) is 10.2. The summed E-state index contributed by atoms with van der Waals surface area (Å²) < 4.78 is 4.92. The summed E-state index contributed by atoms with van der Waals surface area (Å²) in [6.07, 6.45) is 2.61. The molecule has 14 heavy (non-hydrogen) atoms. The largest absolute Gasteiger partial charge is 0.385 e. The predicted molar refractivity (Wildman–Crippen MR) is 53.9 cm³/mol. The molecule has 1 aromatic heterocycles. The van der Waals surface area contributed by atoms with Gasteiger partial charge in [-0.2, -0.15) is 5.26 Å². The van der Waals surface area contributed by atoms with Crippen molar-refractivity contribution in [3.05, 3.63) is 24.0 Å². The van der Waals surface area contributed by atoms with Crippen molar-refractivity contribution in [2.24, 2.45) is 0 Å². The number of ether oxygens (including phenoxy) is 1. The fourth-order valence-electron chi connectivity index (χ4n) is 1.01. The predicted octanol–water partition coefficient (Wildman–Crippen LogP) is 1.40. The van der Waals surface area contributed by atoms with Crippen molar-refractivity contribution in [3.63, 3.8) is 0 Å². The normalized spacial score (nSPS) is 9.43. The van der Waals surface area contributed by atoms with Gasteiger partial charge in [-0.05, 0) is 18.6 Å². The van der Waals surface area contributed by atoms with E-state index in [9.17, 15) is 0 Å². The molecule has 0 aliphatic heterocycles. The first-order valence-electron chi connectivity index (χ1n) is 4.46. The Morgan fingerprint density at radius 2 is 2.43 bits per heavy atom. The lowest BCUT2D eigenvalue weighted by atomic mass is 10.3. The zero-order valence-corrected chi connectivity index (χ0v) is 8.16. The lowest BCUT2D eigenvalue weighted by molar-refractivity contribution is 0.198. The van der Waals surface area contributed by atoms with Gasteiger partial charge >= 0.3 is 0 Å². The fraction of sp³-hybridized carbons (Fsp3) is 0.400. The molecule has 1 rings (SSSR count). The fourth-order valence-corrected chi connectivity index (χ4v) is 1.01. The second-order valence-corrected chi connectivity index (χ2v) is 2.82. The van der Waals surface area contributed by atoms with Gasteiger partial charge in [-0.15, -0.1) is 0 Å². The highest BCUT2D eigenvalue weighted by Gasteiger charge is 1.93. The SMILES string of the molecule is COCCCNc1ccc(C#N)nc1. The summed E-state index contributed by atoms with van der Waals surface area (Å²) in [5.41, 5.74) is 1.37. The number of hydrogen-bond acceptors (Lipinski definition) is 4. The molecule has 0 saturated carbocycles. The second-order valence-electron chi connectivity index (χ2n) is 2.82. The standard InChI is InChI=1S/C10H13N3O/c1-14-6-2-5-12-10-4-3-9(7-11)13-8-10/h3-4,8,12H,2,5-6H2,1H3. The summed E-state index contributed by atoms with van der Waals surface area (Å²) >= 11 is 0. The van der Waals surface area contributed by atoms with E-state index in [4.69, 9.17) is 10.00 Å². The van der Waals surface area contributed by atoms with Crippen LogP contribution in [0, 0.1) is 11.3 Å². The van der Waals surface area contributed by atoms with Crippen LogP contribution in [0.15, 0.2) is 18.3 Å². The molecule has 0 unspecified atom stereocenters. The number of nitrogens with one attached hydrogen (secondary N) is 1. The number of hydrogen-bond donors (Lipinski definition) is 1. The molecule has 0 bridgehead atoms.